The monoisotopic (exact) mass is 358 g/mol. The molecule has 4 rings (SSSR count). The van der Waals surface area contributed by atoms with Crippen molar-refractivity contribution in [2.45, 2.75) is 18.1 Å². The number of nitrogens with one attached hydrogen (secondary N) is 1. The second kappa shape index (κ2) is 6.00. The number of fused-ring (bicyclic) bond motifs is 1. The highest BCUT2D eigenvalue weighted by atomic mass is 32.2. The highest BCUT2D eigenvalue weighted by Crippen LogP contribution is 2.34. The lowest BCUT2D eigenvalue weighted by atomic mass is 9.98. The molecular weight excluding hydrogens is 336 g/mol. The lowest BCUT2D eigenvalue weighted by Gasteiger charge is -2.37. The predicted octanol–water partition coefficient (Wildman–Crippen LogP) is 1.72. The third kappa shape index (κ3) is 2.67. The number of rotatable bonds is 3. The van der Waals surface area contributed by atoms with Gasteiger partial charge in [-0.1, -0.05) is 30.4 Å². The summed E-state index contributed by atoms with van der Waals surface area (Å²) in [7, 11) is -3.68. The van der Waals surface area contributed by atoms with Gasteiger partial charge in [0.05, 0.1) is 11.7 Å². The van der Waals surface area contributed by atoms with Gasteiger partial charge in [-0.15, -0.1) is 0 Å². The van der Waals surface area contributed by atoms with Gasteiger partial charge >= 0.3 is 0 Å². The van der Waals surface area contributed by atoms with Crippen molar-refractivity contribution in [3.05, 3.63) is 54.4 Å². The second-order valence-corrected chi connectivity index (χ2v) is 9.02. The van der Waals surface area contributed by atoms with Gasteiger partial charge in [-0.05, 0) is 19.1 Å². The number of allylic oxidation sites excluding steroid dienone is 3. The average molecular weight is 358 g/mol. The molecule has 0 amide bonds. The number of benzene rings is 1. The Balaban J connectivity index is 1.70. The van der Waals surface area contributed by atoms with Crippen LogP contribution in [0.25, 0.3) is 10.9 Å². The molecule has 2 heterocycles. The zero-order valence-electron chi connectivity index (χ0n) is 14.2. The van der Waals surface area contributed by atoms with Crippen LogP contribution in [0.1, 0.15) is 13.3 Å². The molecule has 25 heavy (non-hydrogen) atoms. The van der Waals surface area contributed by atoms with Crippen molar-refractivity contribution in [1.82, 2.24) is 19.4 Å². The molecule has 0 radical (unpaired) electrons. The van der Waals surface area contributed by atoms with Crippen molar-refractivity contribution in [3.63, 3.8) is 0 Å². The SMILES string of the molecule is CC1(S(=O)(=O)n2ncc3ccccc32)C=CC=C(N2CCNCC2)C1. The largest absolute Gasteiger partial charge is 0.372 e. The zero-order chi connectivity index (χ0) is 17.5. The van der Waals surface area contributed by atoms with Crippen molar-refractivity contribution in [2.75, 3.05) is 26.2 Å². The Labute approximate surface area is 147 Å². The van der Waals surface area contributed by atoms with Crippen molar-refractivity contribution < 1.29 is 8.42 Å². The van der Waals surface area contributed by atoms with E-state index in [2.05, 4.69) is 15.3 Å². The normalized spacial score (nSPS) is 24.5. The van der Waals surface area contributed by atoms with Crippen LogP contribution in [-0.4, -0.2) is 53.4 Å². The first-order valence-corrected chi connectivity index (χ1v) is 9.97. The van der Waals surface area contributed by atoms with E-state index >= 15 is 0 Å². The summed E-state index contributed by atoms with van der Waals surface area (Å²) in [6.45, 7) is 5.44. The number of nitrogens with zero attached hydrogens (tertiary/aromatic N) is 3. The van der Waals surface area contributed by atoms with Crippen LogP contribution in [-0.2, 0) is 10.0 Å². The van der Waals surface area contributed by atoms with Crippen LogP contribution in [0.5, 0.6) is 0 Å². The van der Waals surface area contributed by atoms with Crippen LogP contribution in [0.15, 0.2) is 54.4 Å². The van der Waals surface area contributed by atoms with Gasteiger partial charge in [0.25, 0.3) is 10.0 Å². The summed E-state index contributed by atoms with van der Waals surface area (Å²) < 4.78 is 27.0. The fourth-order valence-electron chi connectivity index (χ4n) is 3.52. The molecular formula is C18H22N4O2S. The zero-order valence-corrected chi connectivity index (χ0v) is 15.0. The summed E-state index contributed by atoms with van der Waals surface area (Å²) in [5, 5.41) is 8.33. The Morgan fingerprint density at radius 2 is 1.96 bits per heavy atom. The Bertz CT molecular complexity index is 954. The van der Waals surface area contributed by atoms with Gasteiger partial charge in [-0.25, -0.2) is 8.42 Å². The molecule has 1 saturated heterocycles. The van der Waals surface area contributed by atoms with Gasteiger partial charge in [0.15, 0.2) is 0 Å². The summed E-state index contributed by atoms with van der Waals surface area (Å²) in [5.41, 5.74) is 1.70. The number of piperazine rings is 1. The molecule has 1 aromatic heterocycles. The smallest absolute Gasteiger partial charge is 0.263 e. The first kappa shape index (κ1) is 16.4. The van der Waals surface area contributed by atoms with E-state index in [0.717, 1.165) is 37.3 Å². The van der Waals surface area contributed by atoms with Crippen molar-refractivity contribution in [1.29, 1.82) is 0 Å². The van der Waals surface area contributed by atoms with Gasteiger partial charge < -0.3 is 10.2 Å². The summed E-state index contributed by atoms with van der Waals surface area (Å²) in [6, 6.07) is 7.39. The molecule has 7 heteroatoms. The molecule has 1 aromatic carbocycles. The molecule has 6 nitrogen and oxygen atoms in total. The molecule has 0 saturated carbocycles. The minimum atomic E-state index is -3.68. The minimum Gasteiger partial charge on any atom is -0.372 e. The van der Waals surface area contributed by atoms with E-state index in [9.17, 15) is 8.42 Å². The highest BCUT2D eigenvalue weighted by Gasteiger charge is 2.42. The summed E-state index contributed by atoms with van der Waals surface area (Å²) >= 11 is 0. The Morgan fingerprint density at radius 1 is 1.20 bits per heavy atom. The summed E-state index contributed by atoms with van der Waals surface area (Å²) in [4.78, 5) is 2.27. The van der Waals surface area contributed by atoms with Gasteiger partial charge in [0.1, 0.15) is 4.75 Å². The average Bonchev–Trinajstić information content (AvgIpc) is 3.07. The third-order valence-corrected chi connectivity index (χ3v) is 7.26. The number of hydrogen-bond acceptors (Lipinski definition) is 5. The van der Waals surface area contributed by atoms with E-state index in [4.69, 9.17) is 0 Å². The molecule has 2 aliphatic rings. The maximum absolute atomic E-state index is 13.4. The summed E-state index contributed by atoms with van der Waals surface area (Å²) in [6.07, 6.45) is 7.74. The van der Waals surface area contributed by atoms with E-state index in [1.54, 1.807) is 25.3 Å². The van der Waals surface area contributed by atoms with Gasteiger partial charge in [0, 0.05) is 43.7 Å². The van der Waals surface area contributed by atoms with Crippen LogP contribution >= 0.6 is 0 Å². The van der Waals surface area contributed by atoms with E-state index in [0.29, 0.717) is 11.9 Å². The molecule has 1 unspecified atom stereocenters. The lowest BCUT2D eigenvalue weighted by molar-refractivity contribution is 0.285. The number of aromatic nitrogens is 2. The van der Waals surface area contributed by atoms with E-state index in [1.165, 1.54) is 4.09 Å². The molecule has 1 aliphatic heterocycles. The topological polar surface area (TPSA) is 67.2 Å². The van der Waals surface area contributed by atoms with Crippen LogP contribution in [0.4, 0.5) is 0 Å². The van der Waals surface area contributed by atoms with Gasteiger partial charge in [-0.3, -0.25) is 0 Å². The maximum Gasteiger partial charge on any atom is 0.263 e. The first-order valence-electron chi connectivity index (χ1n) is 8.53. The minimum absolute atomic E-state index is 0.458. The number of para-hydroxylation sites is 1. The second-order valence-electron chi connectivity index (χ2n) is 6.79. The van der Waals surface area contributed by atoms with Crippen LogP contribution < -0.4 is 5.32 Å². The quantitative estimate of drug-likeness (QED) is 0.905. The Hall–Kier alpha value is -2.12. The Morgan fingerprint density at radius 3 is 2.76 bits per heavy atom. The van der Waals surface area contributed by atoms with E-state index in [1.807, 2.05) is 30.4 Å². The molecule has 1 fully saturated rings. The maximum atomic E-state index is 13.4. The van der Waals surface area contributed by atoms with Gasteiger partial charge in [0.2, 0.25) is 0 Å². The number of hydrogen-bond donors (Lipinski definition) is 1. The molecule has 132 valence electrons. The van der Waals surface area contributed by atoms with Crippen LogP contribution in [0.2, 0.25) is 0 Å². The molecule has 1 N–H and O–H groups in total. The van der Waals surface area contributed by atoms with Crippen molar-refractivity contribution in [3.8, 4) is 0 Å². The predicted molar refractivity (Wildman–Crippen MR) is 98.7 cm³/mol. The van der Waals surface area contributed by atoms with E-state index < -0.39 is 14.8 Å². The fourth-order valence-corrected chi connectivity index (χ4v) is 5.10. The summed E-state index contributed by atoms with van der Waals surface area (Å²) in [5.74, 6) is 0. The standard InChI is InChI=1S/C18H22N4O2S/c1-18(8-4-6-16(13-18)21-11-9-19-10-12-21)25(23,24)22-17-7-3-2-5-15(17)14-20-22/h2-8,14,19H,9-13H2,1H3. The first-order chi connectivity index (χ1) is 12.0. The Kier molecular flexibility index (Phi) is 3.92. The molecule has 0 bridgehead atoms. The lowest BCUT2D eigenvalue weighted by Crippen LogP contribution is -2.46. The van der Waals surface area contributed by atoms with E-state index in [-0.39, 0.29) is 0 Å². The molecule has 2 aromatic rings. The van der Waals surface area contributed by atoms with Gasteiger partial charge in [-0.2, -0.15) is 9.19 Å². The molecule has 1 aliphatic carbocycles. The fraction of sp³-hybridized carbons (Fsp3) is 0.389. The molecule has 1 atom stereocenters. The van der Waals surface area contributed by atoms with Crippen molar-refractivity contribution >= 4 is 20.9 Å². The van der Waals surface area contributed by atoms with Crippen LogP contribution in [0.3, 0.4) is 0 Å². The highest BCUT2D eigenvalue weighted by molar-refractivity contribution is 7.91. The van der Waals surface area contributed by atoms with Crippen LogP contribution in [0, 0.1) is 0 Å². The molecule has 0 spiro atoms. The van der Waals surface area contributed by atoms with Crippen molar-refractivity contribution in [2.24, 2.45) is 0 Å². The third-order valence-electron chi connectivity index (χ3n) is 5.05.